The molecule has 0 unspecified atom stereocenters. The van der Waals surface area contributed by atoms with Crippen LogP contribution in [0.2, 0.25) is 0 Å². The van der Waals surface area contributed by atoms with E-state index < -0.39 is 5.51 Å². The minimum absolute atomic E-state index is 0.102. The summed E-state index contributed by atoms with van der Waals surface area (Å²) in [6, 6.07) is 8.41. The highest BCUT2D eigenvalue weighted by Crippen LogP contribution is 2.49. The molecule has 130 valence electrons. The number of nitrogens with one attached hydrogen (secondary N) is 1. The maximum Gasteiger partial charge on any atom is 0.446 e. The first-order chi connectivity index (χ1) is 11.8. The van der Waals surface area contributed by atoms with Gasteiger partial charge < -0.3 is 5.32 Å². The van der Waals surface area contributed by atoms with Gasteiger partial charge in [-0.15, -0.1) is 0 Å². The second-order valence-corrected chi connectivity index (χ2v) is 7.17. The highest BCUT2D eigenvalue weighted by molar-refractivity contribution is 8.00. The van der Waals surface area contributed by atoms with Gasteiger partial charge in [0, 0.05) is 16.7 Å². The minimum Gasteiger partial charge on any atom is -0.360 e. The van der Waals surface area contributed by atoms with E-state index >= 15 is 0 Å². The molecule has 1 aliphatic rings. The number of hydrogen-bond acceptors (Lipinski definition) is 5. The summed E-state index contributed by atoms with van der Waals surface area (Å²) in [4.78, 5) is 8.59. The van der Waals surface area contributed by atoms with Crippen molar-refractivity contribution in [3.63, 3.8) is 0 Å². The fraction of sp³-hybridized carbons (Fsp3) is 0.312. The first-order valence-electron chi connectivity index (χ1n) is 7.67. The second-order valence-electron chi connectivity index (χ2n) is 6.03. The van der Waals surface area contributed by atoms with Gasteiger partial charge in [-0.1, -0.05) is 12.1 Å². The van der Waals surface area contributed by atoms with Crippen molar-refractivity contribution in [1.82, 2.24) is 19.6 Å². The zero-order valence-electron chi connectivity index (χ0n) is 13.2. The van der Waals surface area contributed by atoms with E-state index in [4.69, 9.17) is 0 Å². The molecule has 0 bridgehead atoms. The second kappa shape index (κ2) is 5.62. The van der Waals surface area contributed by atoms with Crippen molar-refractivity contribution in [2.45, 2.75) is 35.7 Å². The topological polar surface area (TPSA) is 55.1 Å². The summed E-state index contributed by atoms with van der Waals surface area (Å²) < 4.78 is 39.0. The lowest BCUT2D eigenvalue weighted by molar-refractivity contribution is -0.0328. The summed E-state index contributed by atoms with van der Waals surface area (Å²) >= 11 is -0.102. The van der Waals surface area contributed by atoms with Crippen LogP contribution in [0.3, 0.4) is 0 Å². The maximum atomic E-state index is 12.5. The summed E-state index contributed by atoms with van der Waals surface area (Å²) in [5.41, 5.74) is -2.78. The Kier molecular flexibility index (Phi) is 3.64. The van der Waals surface area contributed by atoms with Gasteiger partial charge in [0.2, 0.25) is 0 Å². The molecule has 1 fully saturated rings. The number of rotatable bonds is 4. The van der Waals surface area contributed by atoms with Crippen LogP contribution < -0.4 is 5.32 Å². The molecule has 5 nitrogen and oxygen atoms in total. The van der Waals surface area contributed by atoms with Gasteiger partial charge in [-0.3, -0.25) is 0 Å². The van der Waals surface area contributed by atoms with E-state index in [1.165, 1.54) is 18.5 Å². The first-order valence-corrected chi connectivity index (χ1v) is 8.48. The SMILES string of the molecule is Cc1cc(NC2(c3ccc(SC(F)(F)F)cc3)CC2)n2ncnc2n1. The Bertz CT molecular complexity index is 916. The van der Waals surface area contributed by atoms with Crippen molar-refractivity contribution in [2.24, 2.45) is 0 Å². The van der Waals surface area contributed by atoms with Crippen LogP contribution >= 0.6 is 11.8 Å². The first kappa shape index (κ1) is 16.2. The van der Waals surface area contributed by atoms with Gasteiger partial charge in [0.15, 0.2) is 0 Å². The Balaban J connectivity index is 1.61. The average Bonchev–Trinajstić information content (AvgIpc) is 3.14. The molecule has 0 radical (unpaired) electrons. The Morgan fingerprint density at radius 3 is 2.56 bits per heavy atom. The molecule has 0 saturated heterocycles. The summed E-state index contributed by atoms with van der Waals surface area (Å²) in [6.45, 7) is 1.88. The number of thioether (sulfide) groups is 1. The quantitative estimate of drug-likeness (QED) is 0.704. The molecule has 0 spiro atoms. The van der Waals surface area contributed by atoms with E-state index in [0.717, 1.165) is 29.9 Å². The number of benzene rings is 1. The van der Waals surface area contributed by atoms with Crippen molar-refractivity contribution >= 4 is 23.4 Å². The molecule has 0 aliphatic heterocycles. The van der Waals surface area contributed by atoms with Crippen LogP contribution in [0.15, 0.2) is 41.6 Å². The van der Waals surface area contributed by atoms with Gasteiger partial charge in [0.25, 0.3) is 5.78 Å². The minimum atomic E-state index is -4.27. The van der Waals surface area contributed by atoms with Crippen LogP contribution in [0.25, 0.3) is 5.78 Å². The highest BCUT2D eigenvalue weighted by Gasteiger charge is 2.45. The molecule has 2 heterocycles. The number of hydrogen-bond donors (Lipinski definition) is 1. The van der Waals surface area contributed by atoms with Gasteiger partial charge in [-0.2, -0.15) is 27.8 Å². The molecule has 2 aromatic heterocycles. The summed E-state index contributed by atoms with van der Waals surface area (Å²) in [7, 11) is 0. The van der Waals surface area contributed by atoms with Crippen LogP contribution in [0.1, 0.15) is 24.1 Å². The van der Waals surface area contributed by atoms with Crippen molar-refractivity contribution in [3.8, 4) is 0 Å². The van der Waals surface area contributed by atoms with Gasteiger partial charge in [0.1, 0.15) is 12.1 Å². The van der Waals surface area contributed by atoms with Crippen molar-refractivity contribution < 1.29 is 13.2 Å². The maximum absolute atomic E-state index is 12.5. The average molecular weight is 365 g/mol. The number of aryl methyl sites for hydroxylation is 1. The summed E-state index contributed by atoms with van der Waals surface area (Å²) in [6.07, 6.45) is 3.24. The van der Waals surface area contributed by atoms with E-state index in [1.807, 2.05) is 13.0 Å². The molecular weight excluding hydrogens is 351 g/mol. The number of halogens is 3. The lowest BCUT2D eigenvalue weighted by Gasteiger charge is -2.20. The Labute approximate surface area is 145 Å². The molecule has 1 N–H and O–H groups in total. The van der Waals surface area contributed by atoms with Gasteiger partial charge in [-0.05, 0) is 49.2 Å². The fourth-order valence-electron chi connectivity index (χ4n) is 2.85. The van der Waals surface area contributed by atoms with Gasteiger partial charge >= 0.3 is 5.51 Å². The molecule has 4 rings (SSSR count). The van der Waals surface area contributed by atoms with E-state index in [2.05, 4.69) is 20.4 Å². The zero-order valence-corrected chi connectivity index (χ0v) is 14.0. The number of nitrogens with zero attached hydrogens (tertiary/aromatic N) is 4. The van der Waals surface area contributed by atoms with Crippen LogP contribution in [0.4, 0.5) is 19.0 Å². The largest absolute Gasteiger partial charge is 0.446 e. The molecule has 9 heteroatoms. The number of aromatic nitrogens is 4. The number of fused-ring (bicyclic) bond motifs is 1. The van der Waals surface area contributed by atoms with Crippen molar-refractivity contribution in [2.75, 3.05) is 5.32 Å². The fourth-order valence-corrected chi connectivity index (χ4v) is 3.39. The highest BCUT2D eigenvalue weighted by atomic mass is 32.2. The van der Waals surface area contributed by atoms with E-state index in [9.17, 15) is 13.2 Å². The monoisotopic (exact) mass is 365 g/mol. The predicted molar refractivity (Wildman–Crippen MR) is 88.4 cm³/mol. The normalized spacial score (nSPS) is 16.2. The van der Waals surface area contributed by atoms with Crippen LogP contribution in [-0.2, 0) is 5.54 Å². The van der Waals surface area contributed by atoms with Crippen molar-refractivity contribution in [3.05, 3.63) is 47.9 Å². The van der Waals surface area contributed by atoms with E-state index in [-0.39, 0.29) is 22.2 Å². The standard InChI is InChI=1S/C16H14F3N5S/c1-10-8-13(24-14(22-10)20-9-21-24)23-15(6-7-15)11-2-4-12(5-3-11)25-16(17,18)19/h2-5,8-9,23H,6-7H2,1H3. The lowest BCUT2D eigenvalue weighted by Crippen LogP contribution is -2.21. The van der Waals surface area contributed by atoms with E-state index in [0.29, 0.717) is 5.78 Å². The number of alkyl halides is 3. The molecule has 0 atom stereocenters. The smallest absolute Gasteiger partial charge is 0.360 e. The van der Waals surface area contributed by atoms with Gasteiger partial charge in [0.05, 0.1) is 5.54 Å². The molecule has 1 aliphatic carbocycles. The third kappa shape index (κ3) is 3.28. The van der Waals surface area contributed by atoms with Crippen LogP contribution in [0, 0.1) is 6.92 Å². The van der Waals surface area contributed by atoms with E-state index in [1.54, 1.807) is 16.6 Å². The van der Waals surface area contributed by atoms with Crippen LogP contribution in [0.5, 0.6) is 0 Å². The predicted octanol–water partition coefficient (Wildman–Crippen LogP) is 4.15. The summed E-state index contributed by atoms with van der Waals surface area (Å²) in [5, 5.41) is 7.65. The summed E-state index contributed by atoms with van der Waals surface area (Å²) in [5.74, 6) is 1.28. The molecule has 25 heavy (non-hydrogen) atoms. The third-order valence-electron chi connectivity index (χ3n) is 4.14. The number of anilines is 1. The van der Waals surface area contributed by atoms with Gasteiger partial charge in [-0.25, -0.2) is 4.98 Å². The third-order valence-corrected chi connectivity index (χ3v) is 4.88. The van der Waals surface area contributed by atoms with Crippen molar-refractivity contribution in [1.29, 1.82) is 0 Å². The molecular formula is C16H14F3N5S. The Morgan fingerprint density at radius 1 is 1.20 bits per heavy atom. The molecule has 0 amide bonds. The molecule has 1 saturated carbocycles. The molecule has 3 aromatic rings. The zero-order chi connectivity index (χ0) is 17.7. The Morgan fingerprint density at radius 2 is 1.92 bits per heavy atom. The van der Waals surface area contributed by atoms with Crippen LogP contribution in [-0.4, -0.2) is 25.1 Å². The molecule has 1 aromatic carbocycles. The lowest BCUT2D eigenvalue weighted by atomic mass is 10.1. The Hall–Kier alpha value is -2.29.